The van der Waals surface area contributed by atoms with Gasteiger partial charge < -0.3 is 0 Å². The Morgan fingerprint density at radius 1 is 1.44 bits per heavy atom. The molecule has 0 aliphatic heterocycles. The van der Waals surface area contributed by atoms with Gasteiger partial charge in [0.05, 0.1) is 4.34 Å². The monoisotopic (exact) mass is 373 g/mol. The van der Waals surface area contributed by atoms with E-state index < -0.39 is 10.0 Å². The molecule has 0 aromatic carbocycles. The van der Waals surface area contributed by atoms with Gasteiger partial charge in [0, 0.05) is 11.9 Å². The largest absolute Gasteiger partial charge is 0.250 e. The highest BCUT2D eigenvalue weighted by molar-refractivity contribution is 9.09. The Balaban J connectivity index is 2.62. The lowest BCUT2D eigenvalue weighted by atomic mass is 9.88. The number of hydrogen-bond acceptors (Lipinski definition) is 3. The first-order chi connectivity index (χ1) is 8.27. The fourth-order valence-corrected chi connectivity index (χ4v) is 4.49. The summed E-state index contributed by atoms with van der Waals surface area (Å²) in [6, 6.07) is 3.12. The zero-order valence-electron chi connectivity index (χ0n) is 10.4. The van der Waals surface area contributed by atoms with E-state index in [4.69, 9.17) is 11.6 Å². The van der Waals surface area contributed by atoms with E-state index in [1.807, 2.05) is 0 Å². The molecule has 1 aromatic heterocycles. The Labute approximate surface area is 126 Å². The minimum atomic E-state index is -3.43. The van der Waals surface area contributed by atoms with E-state index in [0.717, 1.165) is 29.5 Å². The van der Waals surface area contributed by atoms with Crippen LogP contribution in [0.5, 0.6) is 0 Å². The molecule has 0 saturated heterocycles. The van der Waals surface area contributed by atoms with Crippen molar-refractivity contribution in [3.05, 3.63) is 16.5 Å². The van der Waals surface area contributed by atoms with Gasteiger partial charge in [0.1, 0.15) is 4.21 Å². The summed E-state index contributed by atoms with van der Waals surface area (Å²) in [7, 11) is -3.43. The van der Waals surface area contributed by atoms with Gasteiger partial charge in [-0.25, -0.2) is 13.1 Å². The van der Waals surface area contributed by atoms with Gasteiger partial charge >= 0.3 is 0 Å². The predicted molar refractivity (Wildman–Crippen MR) is 81.3 cm³/mol. The third-order valence-corrected chi connectivity index (χ3v) is 6.23. The van der Waals surface area contributed by atoms with E-state index >= 15 is 0 Å². The minimum Gasteiger partial charge on any atom is -0.210 e. The third kappa shape index (κ3) is 5.17. The van der Waals surface area contributed by atoms with Gasteiger partial charge in [-0.2, -0.15) is 0 Å². The molecule has 0 saturated carbocycles. The summed E-state index contributed by atoms with van der Waals surface area (Å²) in [4.78, 5) is 0. The maximum Gasteiger partial charge on any atom is 0.250 e. The van der Waals surface area contributed by atoms with Crippen molar-refractivity contribution in [3.8, 4) is 0 Å². The van der Waals surface area contributed by atoms with E-state index in [2.05, 4.69) is 34.5 Å². The van der Waals surface area contributed by atoms with Crippen molar-refractivity contribution in [1.82, 2.24) is 4.72 Å². The number of alkyl halides is 1. The van der Waals surface area contributed by atoms with Crippen molar-refractivity contribution in [2.75, 3.05) is 11.9 Å². The maximum atomic E-state index is 12.0. The van der Waals surface area contributed by atoms with Crippen LogP contribution >= 0.6 is 38.9 Å². The molecule has 3 nitrogen and oxygen atoms in total. The van der Waals surface area contributed by atoms with Crippen LogP contribution in [0.1, 0.15) is 26.7 Å². The van der Waals surface area contributed by atoms with Gasteiger partial charge in [-0.15, -0.1) is 11.3 Å². The molecule has 0 unspecified atom stereocenters. The van der Waals surface area contributed by atoms with E-state index in [0.29, 0.717) is 10.9 Å². The Hall–Kier alpha value is 0.380. The second kappa shape index (κ2) is 6.70. The second-order valence-electron chi connectivity index (χ2n) is 4.84. The number of thiophene rings is 1. The molecule has 0 atom stereocenters. The summed E-state index contributed by atoms with van der Waals surface area (Å²) in [5.74, 6) is 0. The van der Waals surface area contributed by atoms with Crippen LogP contribution in [0.15, 0.2) is 16.3 Å². The molecule has 0 fully saturated rings. The van der Waals surface area contributed by atoms with Crippen LogP contribution in [0.2, 0.25) is 4.34 Å². The Bertz CT molecular complexity index is 485. The summed E-state index contributed by atoms with van der Waals surface area (Å²) in [6.07, 6.45) is 1.99. The first-order valence-corrected chi connectivity index (χ1v) is 9.38. The molecule has 0 aliphatic carbocycles. The van der Waals surface area contributed by atoms with Crippen LogP contribution < -0.4 is 4.72 Å². The predicted octanol–water partition coefficient (Wildman–Crippen LogP) is 3.88. The number of sulfonamides is 1. The number of rotatable bonds is 7. The highest BCUT2D eigenvalue weighted by atomic mass is 79.9. The van der Waals surface area contributed by atoms with E-state index in [1.54, 1.807) is 6.07 Å². The highest BCUT2D eigenvalue weighted by Gasteiger charge is 2.22. The molecule has 0 spiro atoms. The zero-order chi connectivity index (χ0) is 13.8. The van der Waals surface area contributed by atoms with Crippen LogP contribution in [0.3, 0.4) is 0 Å². The molecule has 7 heteroatoms. The van der Waals surface area contributed by atoms with Gasteiger partial charge in [-0.1, -0.05) is 41.4 Å². The van der Waals surface area contributed by atoms with E-state index in [-0.39, 0.29) is 9.62 Å². The van der Waals surface area contributed by atoms with Crippen molar-refractivity contribution in [3.63, 3.8) is 0 Å². The Morgan fingerprint density at radius 2 is 2.11 bits per heavy atom. The second-order valence-corrected chi connectivity index (χ2v) is 9.34. The van der Waals surface area contributed by atoms with Crippen LogP contribution in [0, 0.1) is 5.41 Å². The molecule has 1 heterocycles. The van der Waals surface area contributed by atoms with Gasteiger partial charge in [0.25, 0.3) is 0 Å². The number of halogens is 2. The Kier molecular flexibility index (Phi) is 6.12. The number of hydrogen-bond donors (Lipinski definition) is 1. The molecular weight excluding hydrogens is 358 g/mol. The topological polar surface area (TPSA) is 46.2 Å². The minimum absolute atomic E-state index is 0.0537. The van der Waals surface area contributed by atoms with Crippen LogP contribution in [0.25, 0.3) is 0 Å². The molecule has 0 amide bonds. The van der Waals surface area contributed by atoms with Crippen molar-refractivity contribution in [2.45, 2.75) is 30.9 Å². The lowest BCUT2D eigenvalue weighted by Crippen LogP contribution is -2.33. The molecule has 18 heavy (non-hydrogen) atoms. The summed E-state index contributed by atoms with van der Waals surface area (Å²) < 4.78 is 27.4. The maximum absolute atomic E-state index is 12.0. The van der Waals surface area contributed by atoms with Gasteiger partial charge in [-0.3, -0.25) is 0 Å². The SMILES string of the molecule is CC(C)(CCCBr)CNS(=O)(=O)c1ccc(Cl)s1. The molecular formula is C11H17BrClNO2S2. The molecule has 1 rings (SSSR count). The highest BCUT2D eigenvalue weighted by Crippen LogP contribution is 2.27. The molecule has 0 bridgehead atoms. The van der Waals surface area contributed by atoms with E-state index in [1.165, 1.54) is 6.07 Å². The van der Waals surface area contributed by atoms with Crippen LogP contribution in [-0.4, -0.2) is 20.3 Å². The Morgan fingerprint density at radius 3 is 2.61 bits per heavy atom. The quantitative estimate of drug-likeness (QED) is 0.736. The lowest BCUT2D eigenvalue weighted by molar-refractivity contribution is 0.332. The molecule has 1 N–H and O–H groups in total. The number of nitrogens with one attached hydrogen (secondary N) is 1. The summed E-state index contributed by atoms with van der Waals surface area (Å²) in [5, 5.41) is 0.934. The van der Waals surface area contributed by atoms with Crippen molar-refractivity contribution in [2.24, 2.45) is 5.41 Å². The van der Waals surface area contributed by atoms with Crippen LogP contribution in [0.4, 0.5) is 0 Å². The van der Waals surface area contributed by atoms with Crippen molar-refractivity contribution < 1.29 is 8.42 Å². The van der Waals surface area contributed by atoms with Crippen molar-refractivity contribution in [1.29, 1.82) is 0 Å². The summed E-state index contributed by atoms with van der Waals surface area (Å²) in [5.41, 5.74) is -0.0537. The molecule has 104 valence electrons. The van der Waals surface area contributed by atoms with Gasteiger partial charge in [0.15, 0.2) is 0 Å². The van der Waals surface area contributed by atoms with Crippen molar-refractivity contribution >= 4 is 48.9 Å². The average molecular weight is 375 g/mol. The zero-order valence-corrected chi connectivity index (χ0v) is 14.3. The third-order valence-electron chi connectivity index (χ3n) is 2.54. The molecule has 0 aliphatic rings. The fourth-order valence-electron chi connectivity index (χ4n) is 1.44. The van der Waals surface area contributed by atoms with Crippen LogP contribution in [-0.2, 0) is 10.0 Å². The first kappa shape index (κ1) is 16.4. The fraction of sp³-hybridized carbons (Fsp3) is 0.636. The smallest absolute Gasteiger partial charge is 0.210 e. The first-order valence-electron chi connectivity index (χ1n) is 5.58. The standard InChI is InChI=1S/C11H17BrClNO2S2/c1-11(2,6-3-7-12)8-14-18(15,16)10-5-4-9(13)17-10/h4-5,14H,3,6-8H2,1-2H3. The average Bonchev–Trinajstić information content (AvgIpc) is 2.72. The summed E-state index contributed by atoms with van der Waals surface area (Å²) >= 11 is 10.2. The molecule has 0 radical (unpaired) electrons. The van der Waals surface area contributed by atoms with E-state index in [9.17, 15) is 8.42 Å². The lowest BCUT2D eigenvalue weighted by Gasteiger charge is -2.24. The molecule has 1 aromatic rings. The summed E-state index contributed by atoms with van der Waals surface area (Å²) in [6.45, 7) is 4.54. The van der Waals surface area contributed by atoms with Gasteiger partial charge in [-0.05, 0) is 30.4 Å². The normalized spacial score (nSPS) is 12.9. The van der Waals surface area contributed by atoms with Gasteiger partial charge in [0.2, 0.25) is 10.0 Å².